The van der Waals surface area contributed by atoms with Crippen LogP contribution in [0.15, 0.2) is 36.8 Å². The maximum Gasteiger partial charge on any atom is 0.270 e. The van der Waals surface area contributed by atoms with E-state index in [-0.39, 0.29) is 16.7 Å². The van der Waals surface area contributed by atoms with Crippen LogP contribution in [0.25, 0.3) is 11.0 Å². The van der Waals surface area contributed by atoms with Crippen molar-refractivity contribution >= 4 is 22.6 Å². The van der Waals surface area contributed by atoms with Crippen molar-refractivity contribution in [3.63, 3.8) is 0 Å². The lowest BCUT2D eigenvalue weighted by molar-refractivity contribution is -0.384. The number of nitro groups is 1. The summed E-state index contributed by atoms with van der Waals surface area (Å²) < 4.78 is 2.69. The number of hydrogen-bond donors (Lipinski definition) is 2. The molecule has 0 radical (unpaired) electrons. The van der Waals surface area contributed by atoms with Gasteiger partial charge in [-0.25, -0.2) is 9.66 Å². The predicted octanol–water partition coefficient (Wildman–Crippen LogP) is 0.541. The van der Waals surface area contributed by atoms with Gasteiger partial charge in [0.15, 0.2) is 11.1 Å². The van der Waals surface area contributed by atoms with Gasteiger partial charge in [0.2, 0.25) is 0 Å². The molecule has 0 saturated heterocycles. The molecule has 0 bridgehead atoms. The zero-order valence-corrected chi connectivity index (χ0v) is 11.9. The lowest BCUT2D eigenvalue weighted by atomic mass is 10.2. The smallest absolute Gasteiger partial charge is 0.270 e. The zero-order chi connectivity index (χ0) is 16.6. The normalized spacial score (nSPS) is 10.7. The highest BCUT2D eigenvalue weighted by atomic mass is 16.6. The van der Waals surface area contributed by atoms with E-state index >= 15 is 0 Å². The van der Waals surface area contributed by atoms with Crippen LogP contribution in [-0.4, -0.2) is 30.3 Å². The third-order valence-corrected chi connectivity index (χ3v) is 3.16. The summed E-state index contributed by atoms with van der Waals surface area (Å²) in [4.78, 5) is 26.3. The molecule has 1 amide bonds. The summed E-state index contributed by atoms with van der Waals surface area (Å²) in [5.41, 5.74) is 3.05. The van der Waals surface area contributed by atoms with Gasteiger partial charge < -0.3 is 0 Å². The highest BCUT2D eigenvalue weighted by Crippen LogP contribution is 2.12. The Kier molecular flexibility index (Phi) is 3.33. The molecule has 2 heterocycles. The van der Waals surface area contributed by atoms with Crippen molar-refractivity contribution in [3.8, 4) is 0 Å². The predicted molar refractivity (Wildman–Crippen MR) is 79.1 cm³/mol. The summed E-state index contributed by atoms with van der Waals surface area (Å²) in [5, 5.41) is 23.2. The van der Waals surface area contributed by atoms with E-state index < -0.39 is 10.8 Å². The summed E-state index contributed by atoms with van der Waals surface area (Å²) in [5.74, 6) is -0.511. The van der Waals surface area contributed by atoms with Crippen LogP contribution in [0.5, 0.6) is 0 Å². The number of aryl methyl sites for hydroxylation is 1. The molecular weight excluding hydrogens is 302 g/mol. The van der Waals surface area contributed by atoms with Gasteiger partial charge in [0.25, 0.3) is 11.6 Å². The minimum absolute atomic E-state index is 0.0263. The number of carbonyl (C=O) groups excluding carboxylic acids is 1. The molecule has 3 rings (SSSR count). The number of amides is 1. The average molecular weight is 313 g/mol. The SMILES string of the molecule is Cn1cc2c(=N)n(NC(=O)c3ccc([N+](=O)[O-])cc3)cnc2n1. The number of aromatic nitrogens is 4. The van der Waals surface area contributed by atoms with Crippen molar-refractivity contribution in [2.75, 3.05) is 5.43 Å². The Labute approximate surface area is 128 Å². The minimum Gasteiger partial charge on any atom is -0.282 e. The number of rotatable bonds is 3. The molecule has 2 aromatic heterocycles. The maximum absolute atomic E-state index is 12.2. The van der Waals surface area contributed by atoms with Crippen LogP contribution < -0.4 is 10.9 Å². The number of fused-ring (bicyclic) bond motifs is 1. The van der Waals surface area contributed by atoms with Crippen LogP contribution >= 0.6 is 0 Å². The lowest BCUT2D eigenvalue weighted by Gasteiger charge is -2.08. The molecule has 0 fully saturated rings. The van der Waals surface area contributed by atoms with Crippen molar-refractivity contribution in [2.45, 2.75) is 0 Å². The number of nitrogens with zero attached hydrogens (tertiary/aromatic N) is 5. The first-order valence-electron chi connectivity index (χ1n) is 6.47. The fourth-order valence-electron chi connectivity index (χ4n) is 2.03. The summed E-state index contributed by atoms with van der Waals surface area (Å²) in [6, 6.07) is 5.16. The van der Waals surface area contributed by atoms with Crippen molar-refractivity contribution in [1.82, 2.24) is 19.4 Å². The lowest BCUT2D eigenvalue weighted by Crippen LogP contribution is -2.33. The average Bonchev–Trinajstić information content (AvgIpc) is 2.91. The van der Waals surface area contributed by atoms with E-state index in [1.807, 2.05) is 0 Å². The second-order valence-electron chi connectivity index (χ2n) is 4.75. The van der Waals surface area contributed by atoms with E-state index in [4.69, 9.17) is 5.41 Å². The quantitative estimate of drug-likeness (QED) is 0.538. The number of nitrogens with one attached hydrogen (secondary N) is 2. The molecule has 0 unspecified atom stereocenters. The van der Waals surface area contributed by atoms with Gasteiger partial charge in [0.1, 0.15) is 6.33 Å². The first-order valence-corrected chi connectivity index (χ1v) is 6.47. The fourth-order valence-corrected chi connectivity index (χ4v) is 2.03. The van der Waals surface area contributed by atoms with E-state index in [0.717, 1.165) is 4.68 Å². The summed E-state index contributed by atoms with van der Waals surface area (Å²) in [6.07, 6.45) is 2.90. The fraction of sp³-hybridized carbons (Fsp3) is 0.0769. The first kappa shape index (κ1) is 14.4. The highest BCUT2D eigenvalue weighted by Gasteiger charge is 2.11. The van der Waals surface area contributed by atoms with Crippen molar-refractivity contribution < 1.29 is 9.72 Å². The summed E-state index contributed by atoms with van der Waals surface area (Å²) >= 11 is 0. The molecule has 0 atom stereocenters. The van der Waals surface area contributed by atoms with Crippen LogP contribution in [0.3, 0.4) is 0 Å². The van der Waals surface area contributed by atoms with E-state index in [9.17, 15) is 14.9 Å². The van der Waals surface area contributed by atoms with E-state index in [1.54, 1.807) is 13.2 Å². The second kappa shape index (κ2) is 5.33. The number of carbonyl (C=O) groups is 1. The molecule has 1 aromatic carbocycles. The summed E-state index contributed by atoms with van der Waals surface area (Å²) in [7, 11) is 1.71. The molecular formula is C13H11N7O3. The van der Waals surface area contributed by atoms with Gasteiger partial charge in [0.05, 0.1) is 10.3 Å². The van der Waals surface area contributed by atoms with Gasteiger partial charge in [-0.1, -0.05) is 0 Å². The monoisotopic (exact) mass is 313 g/mol. The van der Waals surface area contributed by atoms with Gasteiger partial charge in [0, 0.05) is 30.9 Å². The van der Waals surface area contributed by atoms with Crippen LogP contribution in [0.4, 0.5) is 5.69 Å². The molecule has 0 aliphatic carbocycles. The van der Waals surface area contributed by atoms with Crippen LogP contribution in [-0.2, 0) is 7.05 Å². The molecule has 0 saturated carbocycles. The maximum atomic E-state index is 12.2. The first-order chi connectivity index (χ1) is 11.0. The van der Waals surface area contributed by atoms with E-state index in [2.05, 4.69) is 15.5 Å². The van der Waals surface area contributed by atoms with Gasteiger partial charge in [-0.15, -0.1) is 0 Å². The van der Waals surface area contributed by atoms with Crippen LogP contribution in [0.1, 0.15) is 10.4 Å². The van der Waals surface area contributed by atoms with Gasteiger partial charge in [-0.3, -0.25) is 30.4 Å². The summed E-state index contributed by atoms with van der Waals surface area (Å²) in [6.45, 7) is 0. The van der Waals surface area contributed by atoms with Gasteiger partial charge >= 0.3 is 0 Å². The molecule has 0 aliphatic heterocycles. The zero-order valence-electron chi connectivity index (χ0n) is 11.9. The second-order valence-corrected chi connectivity index (χ2v) is 4.75. The molecule has 10 nitrogen and oxygen atoms in total. The number of non-ortho nitro benzene ring substituents is 1. The topological polar surface area (TPSA) is 132 Å². The van der Waals surface area contributed by atoms with Crippen molar-refractivity contribution in [1.29, 1.82) is 5.41 Å². The molecule has 23 heavy (non-hydrogen) atoms. The number of benzene rings is 1. The Morgan fingerprint density at radius 1 is 1.35 bits per heavy atom. The highest BCUT2D eigenvalue weighted by molar-refractivity contribution is 6.00. The molecule has 0 spiro atoms. The molecule has 3 aromatic rings. The third-order valence-electron chi connectivity index (χ3n) is 3.16. The Balaban J connectivity index is 1.89. The molecule has 2 N–H and O–H groups in total. The molecule has 116 valence electrons. The van der Waals surface area contributed by atoms with E-state index in [0.29, 0.717) is 11.0 Å². The Hall–Kier alpha value is -3.56. The van der Waals surface area contributed by atoms with E-state index in [1.165, 1.54) is 35.3 Å². The third kappa shape index (κ3) is 2.64. The number of nitro benzene ring substituents is 1. The van der Waals surface area contributed by atoms with Crippen molar-refractivity contribution in [2.24, 2.45) is 7.05 Å². The van der Waals surface area contributed by atoms with Gasteiger partial charge in [-0.2, -0.15) is 5.10 Å². The standard InChI is InChI=1S/C13H11N7O3/c1-18-6-10-11(14)19(7-15-12(10)16-18)17-13(21)8-2-4-9(5-3-8)20(22)23/h2-7,14H,1H3,(H,17,21). The molecule has 10 heteroatoms. The minimum atomic E-state index is -0.543. The van der Waals surface area contributed by atoms with Crippen LogP contribution in [0, 0.1) is 15.5 Å². The molecule has 0 aliphatic rings. The Bertz CT molecular complexity index is 971. The van der Waals surface area contributed by atoms with Crippen molar-refractivity contribution in [3.05, 3.63) is 58.0 Å². The van der Waals surface area contributed by atoms with Gasteiger partial charge in [-0.05, 0) is 12.1 Å². The Morgan fingerprint density at radius 3 is 2.70 bits per heavy atom. The van der Waals surface area contributed by atoms with Crippen LogP contribution in [0.2, 0.25) is 0 Å². The Morgan fingerprint density at radius 2 is 2.04 bits per heavy atom. The largest absolute Gasteiger partial charge is 0.282 e. The number of hydrogen-bond acceptors (Lipinski definition) is 6.